The molecule has 1 amide bonds. The van der Waals surface area contributed by atoms with Crippen molar-refractivity contribution in [1.82, 2.24) is 4.90 Å². The molecule has 0 saturated carbocycles. The molecular weight excluding hydrogens is 238 g/mol. The van der Waals surface area contributed by atoms with Crippen molar-refractivity contribution in [2.24, 2.45) is 0 Å². The van der Waals surface area contributed by atoms with Gasteiger partial charge in [0.25, 0.3) is 0 Å². The molecular formula is C12H15NO3S. The zero-order valence-corrected chi connectivity index (χ0v) is 10.3. The zero-order valence-electron chi connectivity index (χ0n) is 9.46. The fourth-order valence-electron chi connectivity index (χ4n) is 2.13. The summed E-state index contributed by atoms with van der Waals surface area (Å²) in [6.45, 7) is 0.549. The first-order chi connectivity index (χ1) is 8.20. The minimum absolute atomic E-state index is 0.0386. The maximum absolute atomic E-state index is 11.9. The van der Waals surface area contributed by atoms with Crippen molar-refractivity contribution in [3.8, 4) is 0 Å². The molecule has 1 atom stereocenters. The summed E-state index contributed by atoms with van der Waals surface area (Å²) in [7, 11) is 0. The summed E-state index contributed by atoms with van der Waals surface area (Å²) in [5.74, 6) is -0.981. The molecule has 1 aliphatic heterocycles. The quantitative estimate of drug-likeness (QED) is 0.899. The Morgan fingerprint density at radius 3 is 2.88 bits per heavy atom. The number of thiophene rings is 1. The number of hydrogen-bond donors (Lipinski definition) is 1. The normalized spacial score (nSPS) is 18.8. The van der Waals surface area contributed by atoms with Crippen LogP contribution in [0.4, 0.5) is 0 Å². The summed E-state index contributed by atoms with van der Waals surface area (Å²) in [6.07, 6.45) is 3.22. The minimum Gasteiger partial charge on any atom is -0.479 e. The Bertz CT molecular complexity index is 402. The van der Waals surface area contributed by atoms with E-state index >= 15 is 0 Å². The van der Waals surface area contributed by atoms with Crippen LogP contribution in [-0.4, -0.2) is 28.4 Å². The smallest absolute Gasteiger partial charge is 0.331 e. The van der Waals surface area contributed by atoms with E-state index in [0.717, 1.165) is 24.1 Å². The molecule has 2 rings (SSSR count). The van der Waals surface area contributed by atoms with E-state index in [4.69, 9.17) is 0 Å². The highest BCUT2D eigenvalue weighted by atomic mass is 32.1. The third kappa shape index (κ3) is 2.66. The Morgan fingerprint density at radius 1 is 1.41 bits per heavy atom. The van der Waals surface area contributed by atoms with Gasteiger partial charge in [0.2, 0.25) is 5.91 Å². The molecule has 1 unspecified atom stereocenters. The summed E-state index contributed by atoms with van der Waals surface area (Å²) in [5, 5.41) is 11.2. The number of amides is 1. The van der Waals surface area contributed by atoms with E-state index in [1.54, 1.807) is 6.07 Å². The number of carboxylic acids is 1. The number of carboxylic acid groups (broad SMARTS) is 1. The van der Waals surface area contributed by atoms with Crippen LogP contribution >= 0.6 is 11.3 Å². The molecule has 0 aromatic carbocycles. The number of rotatable bonds is 3. The van der Waals surface area contributed by atoms with Gasteiger partial charge in [0.05, 0.1) is 0 Å². The maximum Gasteiger partial charge on any atom is 0.331 e. The van der Waals surface area contributed by atoms with Crippen LogP contribution in [0.2, 0.25) is 0 Å². The lowest BCUT2D eigenvalue weighted by Crippen LogP contribution is -2.38. The van der Waals surface area contributed by atoms with Gasteiger partial charge in [-0.1, -0.05) is 12.5 Å². The van der Waals surface area contributed by atoms with Gasteiger partial charge in [-0.2, -0.15) is 0 Å². The van der Waals surface area contributed by atoms with Crippen LogP contribution in [0.5, 0.6) is 0 Å². The highest BCUT2D eigenvalue weighted by molar-refractivity contribution is 7.10. The molecule has 1 saturated heterocycles. The van der Waals surface area contributed by atoms with E-state index in [1.807, 2.05) is 11.4 Å². The third-order valence-corrected chi connectivity index (χ3v) is 3.89. The minimum atomic E-state index is -0.942. The average molecular weight is 253 g/mol. The van der Waals surface area contributed by atoms with Gasteiger partial charge in [0.1, 0.15) is 0 Å². The van der Waals surface area contributed by atoms with Crippen LogP contribution in [0.1, 0.15) is 36.6 Å². The third-order valence-electron chi connectivity index (χ3n) is 2.97. The van der Waals surface area contributed by atoms with Crippen LogP contribution in [0.15, 0.2) is 17.5 Å². The van der Waals surface area contributed by atoms with Gasteiger partial charge in [-0.25, -0.2) is 4.79 Å². The summed E-state index contributed by atoms with van der Waals surface area (Å²) in [4.78, 5) is 25.5. The van der Waals surface area contributed by atoms with Crippen molar-refractivity contribution >= 4 is 23.2 Å². The van der Waals surface area contributed by atoms with Gasteiger partial charge < -0.3 is 10.0 Å². The molecule has 1 aliphatic rings. The van der Waals surface area contributed by atoms with Crippen molar-refractivity contribution in [3.05, 3.63) is 22.4 Å². The Morgan fingerprint density at radius 2 is 2.24 bits per heavy atom. The van der Waals surface area contributed by atoms with Crippen LogP contribution < -0.4 is 0 Å². The molecule has 92 valence electrons. The Labute approximate surface area is 104 Å². The van der Waals surface area contributed by atoms with Gasteiger partial charge in [0, 0.05) is 17.8 Å². The van der Waals surface area contributed by atoms with Crippen LogP contribution in [0, 0.1) is 0 Å². The first kappa shape index (κ1) is 12.1. The number of nitrogens with zero attached hydrogens (tertiary/aromatic N) is 1. The van der Waals surface area contributed by atoms with Gasteiger partial charge >= 0.3 is 5.97 Å². The first-order valence-electron chi connectivity index (χ1n) is 5.76. The van der Waals surface area contributed by atoms with Gasteiger partial charge in [0.15, 0.2) is 6.04 Å². The number of carbonyl (C=O) groups is 2. The highest BCUT2D eigenvalue weighted by Gasteiger charge is 2.32. The fourth-order valence-corrected chi connectivity index (χ4v) is 2.96. The lowest BCUT2D eigenvalue weighted by molar-refractivity contribution is -0.150. The lowest BCUT2D eigenvalue weighted by Gasteiger charge is -2.26. The molecule has 1 aromatic rings. The molecule has 0 spiro atoms. The van der Waals surface area contributed by atoms with Crippen molar-refractivity contribution in [2.45, 2.75) is 31.7 Å². The van der Waals surface area contributed by atoms with Gasteiger partial charge in [-0.15, -0.1) is 11.3 Å². The van der Waals surface area contributed by atoms with E-state index in [0.29, 0.717) is 13.0 Å². The van der Waals surface area contributed by atoms with Crippen molar-refractivity contribution < 1.29 is 14.7 Å². The largest absolute Gasteiger partial charge is 0.479 e. The molecule has 1 fully saturated rings. The van der Waals surface area contributed by atoms with Gasteiger partial charge in [-0.05, 0) is 24.3 Å². The van der Waals surface area contributed by atoms with Crippen LogP contribution in [0.25, 0.3) is 0 Å². The number of carbonyl (C=O) groups excluding carboxylic acids is 1. The number of aliphatic carboxylic acids is 1. The summed E-state index contributed by atoms with van der Waals surface area (Å²) in [6, 6.07) is 2.79. The number of hydrogen-bond acceptors (Lipinski definition) is 3. The lowest BCUT2D eigenvalue weighted by atomic mass is 10.2. The second-order valence-electron chi connectivity index (χ2n) is 4.15. The molecule has 4 nitrogen and oxygen atoms in total. The second-order valence-corrected chi connectivity index (χ2v) is 5.13. The van der Waals surface area contributed by atoms with E-state index in [1.165, 1.54) is 16.2 Å². The fraction of sp³-hybridized carbons (Fsp3) is 0.500. The first-order valence-corrected chi connectivity index (χ1v) is 6.64. The monoisotopic (exact) mass is 253 g/mol. The second kappa shape index (κ2) is 5.31. The van der Waals surface area contributed by atoms with E-state index in [9.17, 15) is 14.7 Å². The molecule has 0 aliphatic carbocycles. The molecule has 1 aromatic heterocycles. The SMILES string of the molecule is O=C(O)C(c1cccs1)N1CCCCCC1=O. The molecule has 0 radical (unpaired) electrons. The molecule has 1 N–H and O–H groups in total. The maximum atomic E-state index is 11.9. The highest BCUT2D eigenvalue weighted by Crippen LogP contribution is 2.28. The van der Waals surface area contributed by atoms with Crippen LogP contribution in [0.3, 0.4) is 0 Å². The Kier molecular flexibility index (Phi) is 3.78. The Balaban J connectivity index is 2.26. The summed E-state index contributed by atoms with van der Waals surface area (Å²) in [5.41, 5.74) is 0. The zero-order chi connectivity index (χ0) is 12.3. The van der Waals surface area contributed by atoms with E-state index in [-0.39, 0.29) is 5.91 Å². The van der Waals surface area contributed by atoms with Gasteiger partial charge in [-0.3, -0.25) is 4.79 Å². The van der Waals surface area contributed by atoms with Crippen molar-refractivity contribution in [3.63, 3.8) is 0 Å². The molecule has 2 heterocycles. The Hall–Kier alpha value is -1.36. The van der Waals surface area contributed by atoms with Crippen LogP contribution in [-0.2, 0) is 9.59 Å². The average Bonchev–Trinajstić information content (AvgIpc) is 2.71. The van der Waals surface area contributed by atoms with E-state index < -0.39 is 12.0 Å². The van der Waals surface area contributed by atoms with Crippen molar-refractivity contribution in [2.75, 3.05) is 6.54 Å². The van der Waals surface area contributed by atoms with E-state index in [2.05, 4.69) is 0 Å². The predicted octanol–water partition coefficient (Wildman–Crippen LogP) is 2.28. The summed E-state index contributed by atoms with van der Waals surface area (Å²) >= 11 is 1.39. The topological polar surface area (TPSA) is 57.6 Å². The molecule has 0 bridgehead atoms. The summed E-state index contributed by atoms with van der Waals surface area (Å²) < 4.78 is 0. The molecule has 5 heteroatoms. The molecule has 17 heavy (non-hydrogen) atoms. The standard InChI is InChI=1S/C12H15NO3S/c14-10-6-2-1-3-7-13(10)11(12(15)16)9-5-4-8-17-9/h4-5,8,11H,1-3,6-7H2,(H,15,16). The van der Waals surface area contributed by atoms with Crippen molar-refractivity contribution in [1.29, 1.82) is 0 Å². The number of likely N-dealkylation sites (tertiary alicyclic amines) is 1. The predicted molar refractivity (Wildman–Crippen MR) is 64.9 cm³/mol.